The Morgan fingerprint density at radius 3 is 2.39 bits per heavy atom. The number of methoxy groups -OCH3 is 1. The van der Waals surface area contributed by atoms with Gasteiger partial charge in [-0.3, -0.25) is 0 Å². The van der Waals surface area contributed by atoms with Crippen LogP contribution in [0.25, 0.3) is 0 Å². The van der Waals surface area contributed by atoms with Gasteiger partial charge in [0, 0.05) is 0 Å². The number of ether oxygens (including phenoxy) is 2. The molecule has 0 aliphatic heterocycles. The molecule has 0 unspecified atom stereocenters. The van der Waals surface area contributed by atoms with Crippen molar-refractivity contribution < 1.29 is 45.5 Å². The van der Waals surface area contributed by atoms with E-state index >= 15 is 0 Å². The molecule has 0 aliphatic carbocycles. The molecule has 2 aromatic carbocycles. The van der Waals surface area contributed by atoms with E-state index in [0.717, 1.165) is 15.7 Å². The van der Waals surface area contributed by atoms with Crippen molar-refractivity contribution in [3.05, 3.63) is 48.0 Å². The van der Waals surface area contributed by atoms with Crippen LogP contribution >= 0.6 is 0 Å². The Balaban J connectivity index is 1.72. The van der Waals surface area contributed by atoms with E-state index in [1.54, 1.807) is 13.2 Å². The van der Waals surface area contributed by atoms with Gasteiger partial charge in [-0.2, -0.15) is 0 Å². The van der Waals surface area contributed by atoms with Gasteiger partial charge in [0.05, 0.1) is 0 Å². The summed E-state index contributed by atoms with van der Waals surface area (Å²) in [7, 11) is 1.61. The van der Waals surface area contributed by atoms with Gasteiger partial charge in [0.15, 0.2) is 0 Å². The summed E-state index contributed by atoms with van der Waals surface area (Å²) in [5.41, 5.74) is -0.0982. The van der Waals surface area contributed by atoms with Gasteiger partial charge in [-0.05, 0) is 0 Å². The molecule has 0 saturated heterocycles. The molecule has 2 aromatic rings. The molecule has 6 nitrogen and oxygen atoms in total. The molecule has 0 aliphatic rings. The van der Waals surface area contributed by atoms with Crippen LogP contribution in [-0.2, 0) is 21.1 Å². The summed E-state index contributed by atoms with van der Waals surface area (Å²) in [4.78, 5) is 10.8. The number of benzene rings is 2. The second-order valence-electron chi connectivity index (χ2n) is 4.73. The number of rotatable bonds is 8. The van der Waals surface area contributed by atoms with Crippen LogP contribution in [0, 0.1) is 0 Å². The van der Waals surface area contributed by atoms with E-state index in [1.807, 2.05) is 24.3 Å². The number of phenols is 1. The normalized spacial score (nSPS) is 9.96. The van der Waals surface area contributed by atoms with Gasteiger partial charge in [0.25, 0.3) is 0 Å². The molecule has 23 heavy (non-hydrogen) atoms. The molecule has 0 heterocycles. The van der Waals surface area contributed by atoms with E-state index in [0.29, 0.717) is 13.2 Å². The van der Waals surface area contributed by atoms with Gasteiger partial charge < -0.3 is 0 Å². The van der Waals surface area contributed by atoms with Crippen LogP contribution in [0.5, 0.6) is 17.2 Å². The number of carbonyl (C=O) groups is 1. The van der Waals surface area contributed by atoms with E-state index in [9.17, 15) is 9.90 Å². The first-order valence-corrected chi connectivity index (χ1v) is 9.69. The van der Waals surface area contributed by atoms with Crippen LogP contribution in [0.4, 0.5) is 0 Å². The Bertz CT molecular complexity index is 656. The second-order valence-corrected chi connectivity index (χ2v) is 7.91. The molecule has 0 spiro atoms. The zero-order valence-corrected chi connectivity index (χ0v) is 15.7. The third-order valence-corrected chi connectivity index (χ3v) is 5.77. The number of hydrogen-bond donors (Lipinski definition) is 2. The predicted octanol–water partition coefficient (Wildman–Crippen LogP) is 1.82. The van der Waals surface area contributed by atoms with Crippen molar-refractivity contribution >= 4 is 10.1 Å². The van der Waals surface area contributed by atoms with Crippen molar-refractivity contribution in [1.82, 2.24) is 0 Å². The van der Waals surface area contributed by atoms with Crippen molar-refractivity contribution in [1.29, 1.82) is 0 Å². The maximum absolute atomic E-state index is 10.8. The number of carboxylic acid groups (broad SMARTS) is 1. The van der Waals surface area contributed by atoms with Gasteiger partial charge in [0.2, 0.25) is 0 Å². The van der Waals surface area contributed by atoms with E-state index in [2.05, 4.69) is 0 Å². The summed E-state index contributed by atoms with van der Waals surface area (Å²) >= 11 is -1.49. The summed E-state index contributed by atoms with van der Waals surface area (Å²) in [5, 5.41) is 18.5. The number of aromatic carboxylic acids is 1. The average Bonchev–Trinajstić information content (AvgIpc) is 2.55. The van der Waals surface area contributed by atoms with Crippen molar-refractivity contribution in [2.75, 3.05) is 20.3 Å². The first-order valence-electron chi connectivity index (χ1n) is 7.00. The Kier molecular flexibility index (Phi) is 6.38. The predicted molar refractivity (Wildman–Crippen MR) is 79.1 cm³/mol. The zero-order valence-electron chi connectivity index (χ0n) is 12.7. The summed E-state index contributed by atoms with van der Waals surface area (Å²) in [6, 6.07) is 11.8. The molecule has 2 N–H and O–H groups in total. The molecular formula is C16H16O6Zn. The summed E-state index contributed by atoms with van der Waals surface area (Å²) in [6.45, 7) is 0.879. The first kappa shape index (κ1) is 17.3. The molecule has 0 saturated carbocycles. The summed E-state index contributed by atoms with van der Waals surface area (Å²) in [5.74, 6) is 0.146. The van der Waals surface area contributed by atoms with Crippen molar-refractivity contribution in [2.24, 2.45) is 0 Å². The molecular weight excluding hydrogens is 354 g/mol. The molecule has 0 bridgehead atoms. The number of carboxylic acids is 1. The Morgan fingerprint density at radius 1 is 1.09 bits per heavy atom. The SMILES string of the molecule is COc1ccc(OCC[O][Zn][c]2ccc(C(=O)O)c(O)c2)cc1. The Hall–Kier alpha value is -2.11. The van der Waals surface area contributed by atoms with E-state index in [-0.39, 0.29) is 11.3 Å². The fraction of sp³-hybridized carbons (Fsp3) is 0.188. The topological polar surface area (TPSA) is 85.2 Å². The number of aromatic hydroxyl groups is 1. The molecule has 0 atom stereocenters. The Labute approximate surface area is 141 Å². The van der Waals surface area contributed by atoms with Gasteiger partial charge in [-0.25, -0.2) is 0 Å². The first-order chi connectivity index (χ1) is 11.1. The van der Waals surface area contributed by atoms with Crippen LogP contribution in [0.2, 0.25) is 0 Å². The molecule has 0 amide bonds. The molecule has 7 heteroatoms. The fourth-order valence-corrected chi connectivity index (χ4v) is 4.00. The van der Waals surface area contributed by atoms with Gasteiger partial charge in [0.1, 0.15) is 0 Å². The monoisotopic (exact) mass is 368 g/mol. The standard InChI is InChI=1S/C9H11O3.C7H5O3.Zn/c1-11-8-2-4-9(5-3-8)12-7-6-10;8-6-4-2-1-3-5(6)7(9)10;/h2-5H,6-7H2,1H3;1,3-4,8H,(H,9,10);/q-1;;+1. The van der Waals surface area contributed by atoms with Crippen molar-refractivity contribution in [3.8, 4) is 17.2 Å². The van der Waals surface area contributed by atoms with Crippen molar-refractivity contribution in [3.63, 3.8) is 0 Å². The minimum atomic E-state index is -1.49. The molecule has 118 valence electrons. The van der Waals surface area contributed by atoms with Crippen LogP contribution in [-0.4, -0.2) is 36.5 Å². The van der Waals surface area contributed by atoms with E-state index in [4.69, 9.17) is 18.1 Å². The molecule has 0 radical (unpaired) electrons. The molecule has 0 aromatic heterocycles. The molecule has 2 rings (SSSR count). The van der Waals surface area contributed by atoms with Crippen molar-refractivity contribution in [2.45, 2.75) is 0 Å². The Morgan fingerprint density at radius 2 is 1.78 bits per heavy atom. The maximum atomic E-state index is 10.8. The van der Waals surface area contributed by atoms with Crippen LogP contribution in [0.15, 0.2) is 42.5 Å². The average molecular weight is 370 g/mol. The number of hydrogen-bond acceptors (Lipinski definition) is 5. The minimum absolute atomic E-state index is 0.0982. The fourth-order valence-electron chi connectivity index (χ4n) is 1.93. The zero-order chi connectivity index (χ0) is 16.7. The summed E-state index contributed by atoms with van der Waals surface area (Å²) < 4.78 is 17.1. The van der Waals surface area contributed by atoms with Crippen LogP contribution in [0.1, 0.15) is 10.4 Å². The third kappa shape index (κ3) is 5.23. The quantitative estimate of drug-likeness (QED) is 0.545. The van der Waals surface area contributed by atoms with Gasteiger partial charge in [-0.1, -0.05) is 0 Å². The van der Waals surface area contributed by atoms with E-state index < -0.39 is 23.5 Å². The van der Waals surface area contributed by atoms with Gasteiger partial charge >= 0.3 is 141 Å². The van der Waals surface area contributed by atoms with Crippen LogP contribution < -0.4 is 13.6 Å². The van der Waals surface area contributed by atoms with Crippen LogP contribution in [0.3, 0.4) is 0 Å². The third-order valence-electron chi connectivity index (χ3n) is 3.12. The summed E-state index contributed by atoms with van der Waals surface area (Å²) in [6.07, 6.45) is 0. The van der Waals surface area contributed by atoms with Gasteiger partial charge in [-0.15, -0.1) is 0 Å². The molecule has 0 fully saturated rings. The van der Waals surface area contributed by atoms with E-state index in [1.165, 1.54) is 12.1 Å². The second kappa shape index (κ2) is 8.51.